The Labute approximate surface area is 127 Å². The average Bonchev–Trinajstić information content (AvgIpc) is 2.75. The number of thiophene rings is 1. The molecular formula is C14H20N4O2S. The van der Waals surface area contributed by atoms with Crippen LogP contribution in [0.25, 0.3) is 10.3 Å². The second kappa shape index (κ2) is 5.95. The number of hydrogen-bond acceptors (Lipinski definition) is 6. The topological polar surface area (TPSA) is 101 Å². The fourth-order valence-corrected chi connectivity index (χ4v) is 3.01. The second-order valence-electron chi connectivity index (χ2n) is 5.96. The molecule has 0 aliphatic heterocycles. The van der Waals surface area contributed by atoms with E-state index in [1.807, 2.05) is 20.8 Å². The molecule has 0 saturated carbocycles. The van der Waals surface area contributed by atoms with Crippen LogP contribution < -0.4 is 11.1 Å². The van der Waals surface area contributed by atoms with E-state index in [-0.39, 0.29) is 24.0 Å². The number of rotatable bonds is 4. The van der Waals surface area contributed by atoms with Gasteiger partial charge in [0.05, 0.1) is 5.69 Å². The summed E-state index contributed by atoms with van der Waals surface area (Å²) in [5, 5.41) is 12.1. The first-order valence-electron chi connectivity index (χ1n) is 6.75. The van der Waals surface area contributed by atoms with Crippen molar-refractivity contribution in [1.29, 1.82) is 0 Å². The molecular weight excluding hydrogens is 288 g/mol. The van der Waals surface area contributed by atoms with Gasteiger partial charge in [0.15, 0.2) is 0 Å². The van der Waals surface area contributed by atoms with Crippen molar-refractivity contribution in [3.63, 3.8) is 0 Å². The van der Waals surface area contributed by atoms with Crippen LogP contribution in [0.1, 0.15) is 36.9 Å². The molecule has 0 radical (unpaired) electrons. The van der Waals surface area contributed by atoms with Crippen LogP contribution in [0.3, 0.4) is 0 Å². The Morgan fingerprint density at radius 2 is 2.10 bits per heavy atom. The Morgan fingerprint density at radius 3 is 2.67 bits per heavy atom. The Hall–Kier alpha value is -1.73. The van der Waals surface area contributed by atoms with Gasteiger partial charge in [-0.15, -0.1) is 11.3 Å². The zero-order valence-electron chi connectivity index (χ0n) is 12.4. The fraction of sp³-hybridized carbons (Fsp3) is 0.500. The van der Waals surface area contributed by atoms with E-state index < -0.39 is 0 Å². The summed E-state index contributed by atoms with van der Waals surface area (Å²) < 4.78 is 0. The maximum absolute atomic E-state index is 12.4. The predicted octanol–water partition coefficient (Wildman–Crippen LogP) is 1.80. The van der Waals surface area contributed by atoms with Crippen LogP contribution in [0.2, 0.25) is 0 Å². The third kappa shape index (κ3) is 3.30. The fourth-order valence-electron chi connectivity index (χ4n) is 2.09. The van der Waals surface area contributed by atoms with E-state index in [0.29, 0.717) is 27.3 Å². The van der Waals surface area contributed by atoms with Gasteiger partial charge in [0.1, 0.15) is 15.2 Å². The molecule has 0 aromatic carbocycles. The van der Waals surface area contributed by atoms with Crippen LogP contribution in [-0.4, -0.2) is 33.6 Å². The number of aliphatic hydroxyl groups excluding tert-OH is 1. The summed E-state index contributed by atoms with van der Waals surface area (Å²) in [6.07, 6.45) is 3.62. The first kappa shape index (κ1) is 15.7. The first-order valence-corrected chi connectivity index (χ1v) is 7.57. The molecule has 1 amide bonds. The van der Waals surface area contributed by atoms with Crippen molar-refractivity contribution in [2.24, 2.45) is 5.41 Å². The number of carbonyl (C=O) groups is 1. The van der Waals surface area contributed by atoms with Crippen molar-refractivity contribution in [3.8, 4) is 0 Å². The normalized spacial score (nSPS) is 13.3. The van der Waals surface area contributed by atoms with E-state index in [1.165, 1.54) is 11.3 Å². The largest absolute Gasteiger partial charge is 0.396 e. The van der Waals surface area contributed by atoms with E-state index in [2.05, 4.69) is 15.3 Å². The highest BCUT2D eigenvalue weighted by molar-refractivity contribution is 7.21. The quantitative estimate of drug-likeness (QED) is 0.799. The maximum Gasteiger partial charge on any atom is 0.263 e. The smallest absolute Gasteiger partial charge is 0.263 e. The van der Waals surface area contributed by atoms with Crippen LogP contribution in [0.15, 0.2) is 12.4 Å². The summed E-state index contributed by atoms with van der Waals surface area (Å²) in [6.45, 7) is 6.08. The van der Waals surface area contributed by atoms with Crippen LogP contribution >= 0.6 is 11.3 Å². The minimum Gasteiger partial charge on any atom is -0.396 e. The molecule has 114 valence electrons. The van der Waals surface area contributed by atoms with E-state index in [4.69, 9.17) is 10.8 Å². The monoisotopic (exact) mass is 308 g/mol. The number of aromatic nitrogens is 2. The van der Waals surface area contributed by atoms with Crippen LogP contribution in [0, 0.1) is 5.41 Å². The van der Waals surface area contributed by atoms with Gasteiger partial charge in [-0.3, -0.25) is 4.79 Å². The SMILES string of the molecule is CC(C)(C)C(CCO)NC(=O)c1sc2nccnc2c1N. The molecule has 0 fully saturated rings. The minimum atomic E-state index is -0.245. The molecule has 2 aromatic rings. The van der Waals surface area contributed by atoms with Gasteiger partial charge < -0.3 is 16.2 Å². The highest BCUT2D eigenvalue weighted by atomic mass is 32.1. The van der Waals surface area contributed by atoms with Crippen molar-refractivity contribution in [2.75, 3.05) is 12.3 Å². The first-order chi connectivity index (χ1) is 9.84. The van der Waals surface area contributed by atoms with Crippen molar-refractivity contribution >= 4 is 33.3 Å². The molecule has 0 aliphatic carbocycles. The van der Waals surface area contributed by atoms with Gasteiger partial charge in [0.2, 0.25) is 0 Å². The number of fused-ring (bicyclic) bond motifs is 1. The van der Waals surface area contributed by atoms with E-state index >= 15 is 0 Å². The number of aliphatic hydroxyl groups is 1. The van der Waals surface area contributed by atoms with Crippen molar-refractivity contribution in [2.45, 2.75) is 33.2 Å². The summed E-state index contributed by atoms with van der Waals surface area (Å²) in [5.41, 5.74) is 6.76. The molecule has 2 aromatic heterocycles. The maximum atomic E-state index is 12.4. The molecule has 0 aliphatic rings. The molecule has 2 heterocycles. The van der Waals surface area contributed by atoms with E-state index in [0.717, 1.165) is 0 Å². The molecule has 0 spiro atoms. The third-order valence-electron chi connectivity index (χ3n) is 3.34. The molecule has 7 heteroatoms. The lowest BCUT2D eigenvalue weighted by Gasteiger charge is -2.31. The summed E-state index contributed by atoms with van der Waals surface area (Å²) in [7, 11) is 0. The van der Waals surface area contributed by atoms with Gasteiger partial charge in [0, 0.05) is 25.0 Å². The summed E-state index contributed by atoms with van der Waals surface area (Å²) >= 11 is 1.23. The number of hydrogen-bond donors (Lipinski definition) is 3. The molecule has 6 nitrogen and oxygen atoms in total. The summed E-state index contributed by atoms with van der Waals surface area (Å²) in [6, 6.07) is -0.138. The molecule has 21 heavy (non-hydrogen) atoms. The molecule has 2 rings (SSSR count). The number of nitrogens with one attached hydrogen (secondary N) is 1. The number of amides is 1. The van der Waals surface area contributed by atoms with Gasteiger partial charge in [-0.2, -0.15) is 0 Å². The molecule has 0 saturated heterocycles. The Morgan fingerprint density at radius 1 is 1.43 bits per heavy atom. The number of anilines is 1. The molecule has 4 N–H and O–H groups in total. The lowest BCUT2D eigenvalue weighted by atomic mass is 9.85. The highest BCUT2D eigenvalue weighted by Gasteiger charge is 2.28. The Kier molecular flexibility index (Phi) is 4.43. The van der Waals surface area contributed by atoms with Gasteiger partial charge in [0.25, 0.3) is 5.91 Å². The third-order valence-corrected chi connectivity index (χ3v) is 4.44. The zero-order valence-corrected chi connectivity index (χ0v) is 13.2. The highest BCUT2D eigenvalue weighted by Crippen LogP contribution is 2.31. The van der Waals surface area contributed by atoms with Crippen molar-refractivity contribution in [3.05, 3.63) is 17.3 Å². The zero-order chi connectivity index (χ0) is 15.6. The van der Waals surface area contributed by atoms with Crippen LogP contribution in [0.5, 0.6) is 0 Å². The van der Waals surface area contributed by atoms with Crippen molar-refractivity contribution in [1.82, 2.24) is 15.3 Å². The average molecular weight is 308 g/mol. The number of nitrogen functional groups attached to an aromatic ring is 1. The van der Waals surface area contributed by atoms with Gasteiger partial charge in [-0.25, -0.2) is 9.97 Å². The Balaban J connectivity index is 2.27. The number of nitrogens with zero attached hydrogens (tertiary/aromatic N) is 2. The number of carbonyl (C=O) groups excluding carboxylic acids is 1. The lowest BCUT2D eigenvalue weighted by molar-refractivity contribution is 0.0890. The Bertz CT molecular complexity index is 648. The van der Waals surface area contributed by atoms with Crippen molar-refractivity contribution < 1.29 is 9.90 Å². The van der Waals surface area contributed by atoms with E-state index in [1.54, 1.807) is 12.4 Å². The standard InChI is InChI=1S/C14H20N4O2S/c1-14(2,3)8(4-7-19)18-12(20)11-9(15)10-13(21-11)17-6-5-16-10/h5-6,8,19H,4,7,15H2,1-3H3,(H,18,20). The van der Waals surface area contributed by atoms with Gasteiger partial charge in [-0.05, 0) is 11.8 Å². The number of nitrogens with two attached hydrogens (primary N) is 1. The van der Waals surface area contributed by atoms with Gasteiger partial charge in [-0.1, -0.05) is 20.8 Å². The predicted molar refractivity (Wildman–Crippen MR) is 84.2 cm³/mol. The summed E-state index contributed by atoms with van der Waals surface area (Å²) in [4.78, 5) is 21.8. The van der Waals surface area contributed by atoms with E-state index in [9.17, 15) is 4.79 Å². The molecule has 1 unspecified atom stereocenters. The molecule has 0 bridgehead atoms. The van der Waals surface area contributed by atoms with Crippen LogP contribution in [0.4, 0.5) is 5.69 Å². The molecule has 1 atom stereocenters. The minimum absolute atomic E-state index is 0.0211. The summed E-state index contributed by atoms with van der Waals surface area (Å²) in [5.74, 6) is -0.245. The van der Waals surface area contributed by atoms with Gasteiger partial charge >= 0.3 is 0 Å². The van der Waals surface area contributed by atoms with Crippen LogP contribution in [-0.2, 0) is 0 Å². The second-order valence-corrected chi connectivity index (χ2v) is 6.96. The lowest BCUT2D eigenvalue weighted by Crippen LogP contribution is -2.44.